The largest absolute Gasteiger partial charge is 0.367 e. The van der Waals surface area contributed by atoms with E-state index in [0.29, 0.717) is 16.7 Å². The average molecular weight is 329 g/mol. The van der Waals surface area contributed by atoms with E-state index in [1.54, 1.807) is 18.2 Å². The minimum absolute atomic E-state index is 0.0507. The number of carbonyl (C=O) groups is 1. The first-order valence-corrected chi connectivity index (χ1v) is 6.55. The Hall–Kier alpha value is -0.190. The van der Waals surface area contributed by atoms with Crippen LogP contribution in [-0.2, 0) is 15.1 Å². The first-order valence-electron chi connectivity index (χ1n) is 5.03. The van der Waals surface area contributed by atoms with Crippen LogP contribution in [0.15, 0.2) is 18.2 Å². The second kappa shape index (κ2) is 4.73. The van der Waals surface area contributed by atoms with Gasteiger partial charge in [-0.05, 0) is 23.8 Å². The van der Waals surface area contributed by atoms with E-state index in [2.05, 4.69) is 0 Å². The minimum Gasteiger partial charge on any atom is -0.367 e. The number of primary amides is 1. The van der Waals surface area contributed by atoms with Crippen LogP contribution in [-0.4, -0.2) is 16.8 Å². The van der Waals surface area contributed by atoms with Crippen molar-refractivity contribution < 1.29 is 9.53 Å². The van der Waals surface area contributed by atoms with E-state index in [9.17, 15) is 4.79 Å². The summed E-state index contributed by atoms with van der Waals surface area (Å²) < 4.78 is 3.70. The Balaban J connectivity index is 2.29. The Morgan fingerprint density at radius 1 is 1.33 bits per heavy atom. The summed E-state index contributed by atoms with van der Waals surface area (Å²) in [5.41, 5.74) is 5.12. The van der Waals surface area contributed by atoms with Gasteiger partial charge >= 0.3 is 0 Å². The van der Waals surface area contributed by atoms with E-state index in [1.165, 1.54) is 0 Å². The van der Waals surface area contributed by atoms with Gasteiger partial charge in [0, 0.05) is 16.5 Å². The molecular formula is C11H9Cl4NO2. The van der Waals surface area contributed by atoms with Crippen LogP contribution >= 0.6 is 46.4 Å². The van der Waals surface area contributed by atoms with Crippen LogP contribution in [0.1, 0.15) is 12.0 Å². The standard InChI is InChI=1S/C11H9Cl4NO2/c12-7-1-6(2-8(13)3-7)10(5-18-10)4-11(14,15)9(16)17/h1-3H,4-5H2,(H2,16,17). The molecular weight excluding hydrogens is 320 g/mol. The Kier molecular flexibility index (Phi) is 3.74. The van der Waals surface area contributed by atoms with Crippen molar-refractivity contribution in [3.63, 3.8) is 0 Å². The van der Waals surface area contributed by atoms with Crippen LogP contribution in [0.3, 0.4) is 0 Å². The molecule has 1 aliphatic heterocycles. The molecule has 2 rings (SSSR count). The van der Waals surface area contributed by atoms with Crippen molar-refractivity contribution in [2.75, 3.05) is 6.61 Å². The van der Waals surface area contributed by atoms with Crippen LogP contribution in [0.25, 0.3) is 0 Å². The number of nitrogens with two attached hydrogens (primary N) is 1. The van der Waals surface area contributed by atoms with Gasteiger partial charge in [0.15, 0.2) is 4.33 Å². The van der Waals surface area contributed by atoms with Crippen molar-refractivity contribution in [3.8, 4) is 0 Å². The number of benzene rings is 1. The third-order valence-electron chi connectivity index (χ3n) is 2.75. The molecule has 1 saturated heterocycles. The Labute approximate surface area is 124 Å². The number of rotatable bonds is 4. The quantitative estimate of drug-likeness (QED) is 0.681. The first kappa shape index (κ1) is 14.2. The zero-order valence-corrected chi connectivity index (χ0v) is 12.1. The molecule has 1 aromatic rings. The third kappa shape index (κ3) is 2.86. The topological polar surface area (TPSA) is 55.6 Å². The van der Waals surface area contributed by atoms with Crippen molar-refractivity contribution in [2.45, 2.75) is 16.4 Å². The molecule has 98 valence electrons. The smallest absolute Gasteiger partial charge is 0.253 e. The lowest BCUT2D eigenvalue weighted by Crippen LogP contribution is -2.37. The zero-order chi connectivity index (χ0) is 13.6. The molecule has 0 aromatic heterocycles. The summed E-state index contributed by atoms with van der Waals surface area (Å²) >= 11 is 23.6. The van der Waals surface area contributed by atoms with Crippen molar-refractivity contribution in [3.05, 3.63) is 33.8 Å². The summed E-state index contributed by atoms with van der Waals surface area (Å²) in [4.78, 5) is 11.1. The van der Waals surface area contributed by atoms with Gasteiger partial charge in [-0.25, -0.2) is 0 Å². The molecule has 1 atom stereocenters. The van der Waals surface area contributed by atoms with Crippen LogP contribution in [0.4, 0.5) is 0 Å². The Morgan fingerprint density at radius 2 is 1.83 bits per heavy atom. The average Bonchev–Trinajstić information content (AvgIpc) is 2.96. The van der Waals surface area contributed by atoms with Gasteiger partial charge in [0.1, 0.15) is 5.60 Å². The van der Waals surface area contributed by atoms with Gasteiger partial charge in [-0.2, -0.15) is 0 Å². The van der Waals surface area contributed by atoms with Gasteiger partial charge in [0.25, 0.3) is 5.91 Å². The van der Waals surface area contributed by atoms with Crippen molar-refractivity contribution >= 4 is 52.3 Å². The summed E-state index contributed by atoms with van der Waals surface area (Å²) in [6.07, 6.45) is 0.0507. The lowest BCUT2D eigenvalue weighted by atomic mass is 9.94. The van der Waals surface area contributed by atoms with E-state index < -0.39 is 15.8 Å². The van der Waals surface area contributed by atoms with Gasteiger partial charge in [0.2, 0.25) is 0 Å². The molecule has 1 amide bonds. The molecule has 1 aliphatic rings. The second-order valence-corrected chi connectivity index (χ2v) is 6.54. The van der Waals surface area contributed by atoms with Gasteiger partial charge in [-0.3, -0.25) is 4.79 Å². The lowest BCUT2D eigenvalue weighted by molar-refractivity contribution is -0.119. The normalized spacial score (nSPS) is 22.9. The van der Waals surface area contributed by atoms with E-state index in [4.69, 9.17) is 56.9 Å². The van der Waals surface area contributed by atoms with E-state index in [1.807, 2.05) is 0 Å². The molecule has 0 spiro atoms. The first-order chi connectivity index (χ1) is 8.25. The number of amides is 1. The molecule has 1 heterocycles. The predicted molar refractivity (Wildman–Crippen MR) is 72.3 cm³/mol. The van der Waals surface area contributed by atoms with Crippen LogP contribution in [0, 0.1) is 0 Å². The fraction of sp³-hybridized carbons (Fsp3) is 0.364. The van der Waals surface area contributed by atoms with Gasteiger partial charge in [-0.1, -0.05) is 46.4 Å². The molecule has 3 nitrogen and oxygen atoms in total. The Morgan fingerprint density at radius 3 is 2.22 bits per heavy atom. The molecule has 1 aromatic carbocycles. The summed E-state index contributed by atoms with van der Waals surface area (Å²) in [5, 5.41) is 0.947. The van der Waals surface area contributed by atoms with Crippen molar-refractivity contribution in [2.24, 2.45) is 5.73 Å². The van der Waals surface area contributed by atoms with Crippen LogP contribution in [0.2, 0.25) is 10.0 Å². The molecule has 0 aliphatic carbocycles. The number of hydrogen-bond acceptors (Lipinski definition) is 2. The Bertz CT molecular complexity index is 480. The highest BCUT2D eigenvalue weighted by Crippen LogP contribution is 2.49. The zero-order valence-electron chi connectivity index (χ0n) is 9.05. The maximum atomic E-state index is 11.1. The van der Waals surface area contributed by atoms with E-state index in [-0.39, 0.29) is 6.42 Å². The maximum Gasteiger partial charge on any atom is 0.253 e. The van der Waals surface area contributed by atoms with Crippen molar-refractivity contribution in [1.29, 1.82) is 0 Å². The minimum atomic E-state index is -1.69. The van der Waals surface area contributed by atoms with Crippen molar-refractivity contribution in [1.82, 2.24) is 0 Å². The molecule has 18 heavy (non-hydrogen) atoms. The maximum absolute atomic E-state index is 11.1. The fourth-order valence-electron chi connectivity index (χ4n) is 1.72. The summed E-state index contributed by atoms with van der Waals surface area (Å²) in [6, 6.07) is 5.00. The lowest BCUT2D eigenvalue weighted by Gasteiger charge is -2.21. The van der Waals surface area contributed by atoms with E-state index >= 15 is 0 Å². The monoisotopic (exact) mass is 327 g/mol. The predicted octanol–water partition coefficient (Wildman–Crippen LogP) is 3.27. The summed E-state index contributed by atoms with van der Waals surface area (Å²) in [5.74, 6) is -0.811. The molecule has 7 heteroatoms. The van der Waals surface area contributed by atoms with E-state index in [0.717, 1.165) is 5.56 Å². The summed E-state index contributed by atoms with van der Waals surface area (Å²) in [6.45, 7) is 0.387. The van der Waals surface area contributed by atoms with Gasteiger partial charge < -0.3 is 10.5 Å². The second-order valence-electron chi connectivity index (χ2n) is 4.19. The number of epoxide rings is 1. The van der Waals surface area contributed by atoms with Crippen LogP contribution in [0.5, 0.6) is 0 Å². The SMILES string of the molecule is NC(=O)C(Cl)(Cl)CC1(c2cc(Cl)cc(Cl)c2)CO1. The highest BCUT2D eigenvalue weighted by atomic mass is 35.5. The molecule has 1 unspecified atom stereocenters. The molecule has 1 fully saturated rings. The summed E-state index contributed by atoms with van der Waals surface area (Å²) in [7, 11) is 0. The van der Waals surface area contributed by atoms with Gasteiger partial charge in [0.05, 0.1) is 6.61 Å². The number of alkyl halides is 2. The number of halogens is 4. The molecule has 0 bridgehead atoms. The molecule has 0 radical (unpaired) electrons. The highest BCUT2D eigenvalue weighted by Gasteiger charge is 2.53. The number of hydrogen-bond donors (Lipinski definition) is 1. The van der Waals surface area contributed by atoms with Gasteiger partial charge in [-0.15, -0.1) is 0 Å². The number of ether oxygens (including phenoxy) is 1. The fourth-order valence-corrected chi connectivity index (χ4v) is 2.68. The molecule has 2 N–H and O–H groups in total. The number of carbonyl (C=O) groups excluding carboxylic acids is 1. The highest BCUT2D eigenvalue weighted by molar-refractivity contribution is 6.58. The third-order valence-corrected chi connectivity index (χ3v) is 3.83. The molecule has 0 saturated carbocycles. The van der Waals surface area contributed by atoms with Crippen LogP contribution < -0.4 is 5.73 Å².